The first-order chi connectivity index (χ1) is 7.64. The van der Waals surface area contributed by atoms with Gasteiger partial charge < -0.3 is 5.73 Å². The first kappa shape index (κ1) is 13.4. The van der Waals surface area contributed by atoms with Gasteiger partial charge in [0, 0.05) is 18.4 Å². The lowest BCUT2D eigenvalue weighted by Gasteiger charge is -2.37. The van der Waals surface area contributed by atoms with E-state index in [1.165, 1.54) is 0 Å². The SMILES string of the molecule is C=CCCCC(=O)C1(CN)CCC(C)CC1. The number of nitrogens with two attached hydrogens (primary N) is 1. The maximum absolute atomic E-state index is 12.2. The molecule has 0 aromatic rings. The van der Waals surface area contributed by atoms with Gasteiger partial charge in [0.05, 0.1) is 0 Å². The molecule has 0 heterocycles. The van der Waals surface area contributed by atoms with E-state index in [9.17, 15) is 4.79 Å². The molecule has 0 amide bonds. The Hall–Kier alpha value is -0.630. The Labute approximate surface area is 99.3 Å². The van der Waals surface area contributed by atoms with Crippen molar-refractivity contribution in [1.82, 2.24) is 0 Å². The van der Waals surface area contributed by atoms with E-state index in [0.29, 0.717) is 18.7 Å². The van der Waals surface area contributed by atoms with Gasteiger partial charge in [-0.3, -0.25) is 4.79 Å². The van der Waals surface area contributed by atoms with Crippen molar-refractivity contribution in [2.45, 2.75) is 51.9 Å². The zero-order chi connectivity index (χ0) is 12.0. The van der Waals surface area contributed by atoms with Crippen LogP contribution in [0.2, 0.25) is 0 Å². The molecule has 0 atom stereocenters. The van der Waals surface area contributed by atoms with Crippen LogP contribution in [0.1, 0.15) is 51.9 Å². The zero-order valence-electron chi connectivity index (χ0n) is 10.5. The van der Waals surface area contributed by atoms with E-state index in [2.05, 4.69) is 13.5 Å². The number of Topliss-reactive ketones (excluding diaryl/α,β-unsaturated/α-hetero) is 1. The summed E-state index contributed by atoms with van der Waals surface area (Å²) in [4.78, 5) is 12.2. The highest BCUT2D eigenvalue weighted by molar-refractivity contribution is 5.85. The molecule has 92 valence electrons. The molecule has 0 saturated heterocycles. The molecule has 0 aromatic heterocycles. The number of carbonyl (C=O) groups is 1. The molecule has 0 unspecified atom stereocenters. The first-order valence-electron chi connectivity index (χ1n) is 6.49. The maximum Gasteiger partial charge on any atom is 0.140 e. The summed E-state index contributed by atoms with van der Waals surface area (Å²) in [5.74, 6) is 1.16. The predicted octanol–water partition coefficient (Wildman–Crippen LogP) is 3.07. The third kappa shape index (κ3) is 3.18. The number of hydrogen-bond donors (Lipinski definition) is 1. The molecule has 0 spiro atoms. The Morgan fingerprint density at radius 1 is 1.50 bits per heavy atom. The summed E-state index contributed by atoms with van der Waals surface area (Å²) in [6.07, 6.45) is 8.73. The van der Waals surface area contributed by atoms with Crippen molar-refractivity contribution in [3.8, 4) is 0 Å². The highest BCUT2D eigenvalue weighted by atomic mass is 16.1. The summed E-state index contributed by atoms with van der Waals surface area (Å²) >= 11 is 0. The summed E-state index contributed by atoms with van der Waals surface area (Å²) < 4.78 is 0. The monoisotopic (exact) mass is 223 g/mol. The van der Waals surface area contributed by atoms with Crippen LogP contribution in [0.5, 0.6) is 0 Å². The zero-order valence-corrected chi connectivity index (χ0v) is 10.5. The van der Waals surface area contributed by atoms with Gasteiger partial charge in [-0.25, -0.2) is 0 Å². The Balaban J connectivity index is 2.51. The second-order valence-electron chi connectivity index (χ2n) is 5.27. The predicted molar refractivity (Wildman–Crippen MR) is 68.2 cm³/mol. The largest absolute Gasteiger partial charge is 0.329 e. The van der Waals surface area contributed by atoms with Crippen LogP contribution >= 0.6 is 0 Å². The molecular weight excluding hydrogens is 198 g/mol. The first-order valence-corrected chi connectivity index (χ1v) is 6.49. The van der Waals surface area contributed by atoms with Crippen molar-refractivity contribution in [2.24, 2.45) is 17.1 Å². The minimum absolute atomic E-state index is 0.187. The molecular formula is C14H25NO. The van der Waals surface area contributed by atoms with Gasteiger partial charge >= 0.3 is 0 Å². The fourth-order valence-electron chi connectivity index (χ4n) is 2.58. The number of carbonyl (C=O) groups excluding carboxylic acids is 1. The number of unbranched alkanes of at least 4 members (excludes halogenated alkanes) is 1. The number of ketones is 1. The van der Waals surface area contributed by atoms with Crippen molar-refractivity contribution >= 4 is 5.78 Å². The van der Waals surface area contributed by atoms with Gasteiger partial charge in [-0.05, 0) is 44.4 Å². The lowest BCUT2D eigenvalue weighted by atomic mass is 9.67. The molecule has 0 bridgehead atoms. The molecule has 1 aliphatic rings. The highest BCUT2D eigenvalue weighted by Crippen LogP contribution is 2.39. The van der Waals surface area contributed by atoms with Crippen LogP contribution in [0.4, 0.5) is 0 Å². The normalized spacial score (nSPS) is 30.0. The van der Waals surface area contributed by atoms with E-state index in [1.54, 1.807) is 0 Å². The molecule has 1 aliphatic carbocycles. The topological polar surface area (TPSA) is 43.1 Å². The summed E-state index contributed by atoms with van der Waals surface area (Å²) in [6.45, 7) is 6.48. The number of rotatable bonds is 6. The number of hydrogen-bond acceptors (Lipinski definition) is 2. The minimum Gasteiger partial charge on any atom is -0.329 e. The summed E-state index contributed by atoms with van der Waals surface area (Å²) in [5.41, 5.74) is 5.66. The van der Waals surface area contributed by atoms with E-state index < -0.39 is 0 Å². The van der Waals surface area contributed by atoms with Crippen LogP contribution in [-0.4, -0.2) is 12.3 Å². The quantitative estimate of drug-likeness (QED) is 0.555. The van der Waals surface area contributed by atoms with E-state index in [-0.39, 0.29) is 5.41 Å². The molecule has 0 aromatic carbocycles. The molecule has 1 rings (SSSR count). The third-order valence-corrected chi connectivity index (χ3v) is 4.03. The minimum atomic E-state index is -0.187. The van der Waals surface area contributed by atoms with Crippen molar-refractivity contribution in [2.75, 3.05) is 6.54 Å². The second kappa shape index (κ2) is 6.19. The Morgan fingerprint density at radius 3 is 2.62 bits per heavy atom. The maximum atomic E-state index is 12.2. The summed E-state index contributed by atoms with van der Waals surface area (Å²) in [6, 6.07) is 0. The van der Waals surface area contributed by atoms with Crippen LogP contribution < -0.4 is 5.73 Å². The van der Waals surface area contributed by atoms with Crippen LogP contribution in [-0.2, 0) is 4.79 Å². The van der Waals surface area contributed by atoms with E-state index >= 15 is 0 Å². The van der Waals surface area contributed by atoms with Crippen LogP contribution in [0.15, 0.2) is 12.7 Å². The average molecular weight is 223 g/mol. The van der Waals surface area contributed by atoms with Crippen LogP contribution in [0, 0.1) is 11.3 Å². The fraction of sp³-hybridized carbons (Fsp3) is 0.786. The third-order valence-electron chi connectivity index (χ3n) is 4.03. The van der Waals surface area contributed by atoms with E-state index in [1.807, 2.05) is 6.08 Å². The Kier molecular flexibility index (Phi) is 5.20. The van der Waals surface area contributed by atoms with Gasteiger partial charge in [0.25, 0.3) is 0 Å². The second-order valence-corrected chi connectivity index (χ2v) is 5.27. The van der Waals surface area contributed by atoms with Crippen LogP contribution in [0.3, 0.4) is 0 Å². The van der Waals surface area contributed by atoms with Gasteiger partial charge in [-0.1, -0.05) is 13.0 Å². The summed E-state index contributed by atoms with van der Waals surface area (Å²) in [7, 11) is 0. The number of allylic oxidation sites excluding steroid dienone is 1. The lowest BCUT2D eigenvalue weighted by molar-refractivity contribution is -0.130. The standard InChI is InChI=1S/C14H25NO/c1-3-4-5-6-13(16)14(11-15)9-7-12(2)8-10-14/h3,12H,1,4-11,15H2,2H3. The van der Waals surface area contributed by atoms with Crippen molar-refractivity contribution in [3.05, 3.63) is 12.7 Å². The Bertz CT molecular complexity index is 239. The lowest BCUT2D eigenvalue weighted by Crippen LogP contribution is -2.41. The molecule has 0 aliphatic heterocycles. The van der Waals surface area contributed by atoms with Gasteiger partial charge in [0.15, 0.2) is 0 Å². The molecule has 2 nitrogen and oxygen atoms in total. The van der Waals surface area contributed by atoms with Gasteiger partial charge in [0.2, 0.25) is 0 Å². The molecule has 16 heavy (non-hydrogen) atoms. The van der Waals surface area contributed by atoms with Gasteiger partial charge in [-0.2, -0.15) is 0 Å². The molecule has 1 saturated carbocycles. The van der Waals surface area contributed by atoms with Gasteiger partial charge in [0.1, 0.15) is 5.78 Å². The summed E-state index contributed by atoms with van der Waals surface area (Å²) in [5, 5.41) is 0. The fourth-order valence-corrected chi connectivity index (χ4v) is 2.58. The van der Waals surface area contributed by atoms with E-state index in [4.69, 9.17) is 5.73 Å². The van der Waals surface area contributed by atoms with Gasteiger partial charge in [-0.15, -0.1) is 6.58 Å². The van der Waals surface area contributed by atoms with Crippen molar-refractivity contribution in [3.63, 3.8) is 0 Å². The van der Waals surface area contributed by atoms with Crippen molar-refractivity contribution in [1.29, 1.82) is 0 Å². The molecule has 2 heteroatoms. The molecule has 1 fully saturated rings. The van der Waals surface area contributed by atoms with Crippen LogP contribution in [0.25, 0.3) is 0 Å². The Morgan fingerprint density at radius 2 is 2.12 bits per heavy atom. The smallest absolute Gasteiger partial charge is 0.140 e. The molecule has 2 N–H and O–H groups in total. The highest BCUT2D eigenvalue weighted by Gasteiger charge is 2.38. The van der Waals surface area contributed by atoms with Crippen molar-refractivity contribution < 1.29 is 4.79 Å². The molecule has 0 radical (unpaired) electrons. The average Bonchev–Trinajstić information content (AvgIpc) is 2.31. The van der Waals surface area contributed by atoms with E-state index in [0.717, 1.165) is 44.4 Å².